The van der Waals surface area contributed by atoms with Crippen molar-refractivity contribution >= 4 is 57.6 Å². The minimum absolute atomic E-state index is 0.108. The molecule has 1 heterocycles. The number of rotatable bonds is 7. The molecule has 1 saturated heterocycles. The molecule has 2 aromatic rings. The summed E-state index contributed by atoms with van der Waals surface area (Å²) in [5.74, 6) is 0.118. The van der Waals surface area contributed by atoms with Crippen molar-refractivity contribution in [3.8, 4) is 5.75 Å². The van der Waals surface area contributed by atoms with Crippen molar-refractivity contribution in [3.63, 3.8) is 0 Å². The number of nitro benzene ring substituents is 1. The van der Waals surface area contributed by atoms with Crippen LogP contribution in [0, 0.1) is 10.1 Å². The number of thiocarbonyl (C=S) groups is 1. The first-order valence-corrected chi connectivity index (χ1v) is 10.0. The van der Waals surface area contributed by atoms with Gasteiger partial charge < -0.3 is 4.74 Å². The molecule has 0 aromatic heterocycles. The van der Waals surface area contributed by atoms with Crippen LogP contribution in [-0.2, 0) is 11.4 Å². The molecular formula is C20H15ClN2O4S2. The molecule has 0 aliphatic carbocycles. The molecule has 0 atom stereocenters. The van der Waals surface area contributed by atoms with Crippen molar-refractivity contribution in [2.24, 2.45) is 0 Å². The van der Waals surface area contributed by atoms with Crippen molar-refractivity contribution in [1.29, 1.82) is 0 Å². The van der Waals surface area contributed by atoms with Crippen molar-refractivity contribution in [1.82, 2.24) is 4.90 Å². The number of non-ortho nitro benzene ring substituents is 1. The second kappa shape index (κ2) is 9.21. The SMILES string of the molecule is C=CCN1C(=O)/C(=C/c2cc([N+](=O)[O-])ccc2OCc2ccccc2Cl)SC1=S. The molecule has 9 heteroatoms. The Balaban J connectivity index is 1.93. The quantitative estimate of drug-likeness (QED) is 0.191. The lowest BCUT2D eigenvalue weighted by Crippen LogP contribution is -2.27. The summed E-state index contributed by atoms with van der Waals surface area (Å²) in [6, 6.07) is 11.5. The Hall–Kier alpha value is -2.68. The maximum atomic E-state index is 12.6. The van der Waals surface area contributed by atoms with E-state index in [-0.39, 0.29) is 18.2 Å². The number of nitrogens with zero attached hydrogens (tertiary/aromatic N) is 2. The Labute approximate surface area is 181 Å². The summed E-state index contributed by atoms with van der Waals surface area (Å²) < 4.78 is 6.26. The third-order valence-electron chi connectivity index (χ3n) is 4.02. The second-order valence-corrected chi connectivity index (χ2v) is 8.02. The Kier molecular flexibility index (Phi) is 6.68. The van der Waals surface area contributed by atoms with E-state index in [0.29, 0.717) is 32.1 Å². The van der Waals surface area contributed by atoms with Crippen LogP contribution in [-0.4, -0.2) is 26.6 Å². The van der Waals surface area contributed by atoms with Crippen LogP contribution < -0.4 is 4.74 Å². The highest BCUT2D eigenvalue weighted by atomic mass is 35.5. The fourth-order valence-corrected chi connectivity index (χ4v) is 4.05. The number of benzene rings is 2. The third-order valence-corrected chi connectivity index (χ3v) is 5.76. The van der Waals surface area contributed by atoms with Crippen LogP contribution in [0.2, 0.25) is 5.02 Å². The van der Waals surface area contributed by atoms with E-state index in [4.69, 9.17) is 28.6 Å². The summed E-state index contributed by atoms with van der Waals surface area (Å²) in [4.78, 5) is 25.0. The number of hydrogen-bond donors (Lipinski definition) is 0. The first-order chi connectivity index (χ1) is 13.9. The van der Waals surface area contributed by atoms with Crippen LogP contribution in [0.3, 0.4) is 0 Å². The van der Waals surface area contributed by atoms with E-state index in [9.17, 15) is 14.9 Å². The molecule has 1 aliphatic rings. The van der Waals surface area contributed by atoms with Gasteiger partial charge in [0, 0.05) is 34.8 Å². The van der Waals surface area contributed by atoms with Crippen molar-refractivity contribution in [2.45, 2.75) is 6.61 Å². The highest BCUT2D eigenvalue weighted by molar-refractivity contribution is 8.26. The molecule has 1 amide bonds. The average Bonchev–Trinajstić information content (AvgIpc) is 2.95. The lowest BCUT2D eigenvalue weighted by molar-refractivity contribution is -0.384. The number of hydrogen-bond acceptors (Lipinski definition) is 6. The molecule has 2 aromatic carbocycles. The van der Waals surface area contributed by atoms with Gasteiger partial charge in [-0.25, -0.2) is 0 Å². The van der Waals surface area contributed by atoms with Crippen LogP contribution in [0.15, 0.2) is 60.0 Å². The summed E-state index contributed by atoms with van der Waals surface area (Å²) in [5.41, 5.74) is 1.07. The molecule has 0 bridgehead atoms. The highest BCUT2D eigenvalue weighted by Crippen LogP contribution is 2.35. The Bertz CT molecular complexity index is 1040. The average molecular weight is 447 g/mol. The van der Waals surface area contributed by atoms with Crippen LogP contribution >= 0.6 is 35.6 Å². The predicted molar refractivity (Wildman–Crippen MR) is 119 cm³/mol. The lowest BCUT2D eigenvalue weighted by atomic mass is 10.1. The van der Waals surface area contributed by atoms with Gasteiger partial charge in [0.05, 0.1) is 9.83 Å². The van der Waals surface area contributed by atoms with Gasteiger partial charge in [0.2, 0.25) is 0 Å². The maximum absolute atomic E-state index is 12.6. The van der Waals surface area contributed by atoms with Gasteiger partial charge in [0.15, 0.2) is 0 Å². The molecular weight excluding hydrogens is 432 g/mol. The van der Waals surface area contributed by atoms with Crippen LogP contribution in [0.1, 0.15) is 11.1 Å². The zero-order valence-electron chi connectivity index (χ0n) is 15.0. The molecule has 6 nitrogen and oxygen atoms in total. The standard InChI is InChI=1S/C20H15ClN2O4S2/c1-2-9-22-19(24)18(29-20(22)28)11-14-10-15(23(25)26)7-8-17(14)27-12-13-5-3-4-6-16(13)21/h2-8,10-11H,1,9,12H2/b18-11-. The van der Waals surface area contributed by atoms with Gasteiger partial charge in [-0.15, -0.1) is 6.58 Å². The summed E-state index contributed by atoms with van der Waals surface area (Å²) in [7, 11) is 0. The molecule has 29 heavy (non-hydrogen) atoms. The molecule has 148 valence electrons. The molecule has 0 unspecified atom stereocenters. The molecule has 0 radical (unpaired) electrons. The molecule has 0 saturated carbocycles. The van der Waals surface area contributed by atoms with E-state index in [1.807, 2.05) is 18.2 Å². The predicted octanol–water partition coefficient (Wildman–Crippen LogP) is 5.21. The van der Waals surface area contributed by atoms with Crippen molar-refractivity contribution < 1.29 is 14.5 Å². The first kappa shape index (κ1) is 21.0. The summed E-state index contributed by atoms with van der Waals surface area (Å²) in [6.07, 6.45) is 3.14. The zero-order chi connectivity index (χ0) is 21.0. The largest absolute Gasteiger partial charge is 0.488 e. The molecule has 1 fully saturated rings. The van der Waals surface area contributed by atoms with Gasteiger partial charge in [-0.05, 0) is 18.2 Å². The van der Waals surface area contributed by atoms with Gasteiger partial charge in [-0.2, -0.15) is 0 Å². The summed E-state index contributed by atoms with van der Waals surface area (Å²) in [5, 5.41) is 11.8. The fourth-order valence-electron chi connectivity index (χ4n) is 2.59. The van der Waals surface area contributed by atoms with E-state index in [1.165, 1.54) is 23.1 Å². The maximum Gasteiger partial charge on any atom is 0.270 e. The number of thioether (sulfide) groups is 1. The number of nitro groups is 1. The number of carbonyl (C=O) groups is 1. The second-order valence-electron chi connectivity index (χ2n) is 5.94. The smallest absolute Gasteiger partial charge is 0.270 e. The Morgan fingerprint density at radius 2 is 2.07 bits per heavy atom. The molecule has 3 rings (SSSR count). The van der Waals surface area contributed by atoms with E-state index < -0.39 is 4.92 Å². The number of carbonyl (C=O) groups excluding carboxylic acids is 1. The van der Waals surface area contributed by atoms with Crippen LogP contribution in [0.4, 0.5) is 5.69 Å². The van der Waals surface area contributed by atoms with Crippen LogP contribution in [0.25, 0.3) is 6.08 Å². The first-order valence-electron chi connectivity index (χ1n) is 8.41. The topological polar surface area (TPSA) is 72.7 Å². The summed E-state index contributed by atoms with van der Waals surface area (Å²) >= 11 is 12.5. The summed E-state index contributed by atoms with van der Waals surface area (Å²) in [6.45, 7) is 4.09. The molecule has 1 aliphatic heterocycles. The number of ether oxygens (including phenoxy) is 1. The number of halogens is 1. The molecule has 0 spiro atoms. The van der Waals surface area contributed by atoms with Crippen molar-refractivity contribution in [2.75, 3.05) is 6.54 Å². The van der Waals surface area contributed by atoms with E-state index in [1.54, 1.807) is 18.2 Å². The highest BCUT2D eigenvalue weighted by Gasteiger charge is 2.31. The van der Waals surface area contributed by atoms with E-state index in [2.05, 4.69) is 6.58 Å². The van der Waals surface area contributed by atoms with Gasteiger partial charge in [0.1, 0.15) is 16.7 Å². The zero-order valence-corrected chi connectivity index (χ0v) is 17.4. The van der Waals surface area contributed by atoms with Crippen molar-refractivity contribution in [3.05, 3.63) is 86.3 Å². The third kappa shape index (κ3) is 4.84. The Morgan fingerprint density at radius 1 is 1.31 bits per heavy atom. The van der Waals surface area contributed by atoms with Gasteiger partial charge in [-0.1, -0.05) is 59.9 Å². The number of amides is 1. The fraction of sp³-hybridized carbons (Fsp3) is 0.100. The molecule has 0 N–H and O–H groups in total. The van der Waals surface area contributed by atoms with Gasteiger partial charge in [-0.3, -0.25) is 19.8 Å². The minimum atomic E-state index is -0.502. The monoisotopic (exact) mass is 446 g/mol. The van der Waals surface area contributed by atoms with Gasteiger partial charge >= 0.3 is 0 Å². The van der Waals surface area contributed by atoms with E-state index in [0.717, 1.165) is 17.3 Å². The Morgan fingerprint density at radius 3 is 2.76 bits per heavy atom. The van der Waals surface area contributed by atoms with E-state index >= 15 is 0 Å². The minimum Gasteiger partial charge on any atom is -0.488 e. The van der Waals surface area contributed by atoms with Gasteiger partial charge in [0.25, 0.3) is 11.6 Å². The lowest BCUT2D eigenvalue weighted by Gasteiger charge is -2.11. The van der Waals surface area contributed by atoms with Crippen LogP contribution in [0.5, 0.6) is 5.75 Å². The normalized spacial score (nSPS) is 15.1.